The van der Waals surface area contributed by atoms with Crippen LogP contribution in [-0.4, -0.2) is 12.2 Å². The van der Waals surface area contributed by atoms with Crippen LogP contribution >= 0.6 is 33.2 Å². The van der Waals surface area contributed by atoms with Crippen molar-refractivity contribution in [2.75, 3.05) is 0 Å². The van der Waals surface area contributed by atoms with Gasteiger partial charge < -0.3 is 4.43 Å². The van der Waals surface area contributed by atoms with Crippen molar-refractivity contribution in [2.45, 2.75) is 110 Å². The summed E-state index contributed by atoms with van der Waals surface area (Å²) in [5.41, 5.74) is 0. The van der Waals surface area contributed by atoms with E-state index in [-0.39, 0.29) is 5.97 Å². The second kappa shape index (κ2) is 17.0. The summed E-state index contributed by atoms with van der Waals surface area (Å²) in [6, 6.07) is 0. The molecule has 2 nitrogen and oxygen atoms in total. The number of hydrogen-bond donors (Lipinski definition) is 0. The molecule has 0 saturated carbocycles. The minimum absolute atomic E-state index is 0.360. The highest BCUT2D eigenvalue weighted by atomic mass is 35.8. The van der Waals surface area contributed by atoms with Crippen molar-refractivity contribution in [1.29, 1.82) is 0 Å². The van der Waals surface area contributed by atoms with Crippen molar-refractivity contribution in [3.63, 3.8) is 0 Å². The highest BCUT2D eigenvalue weighted by Gasteiger charge is 2.32. The topological polar surface area (TPSA) is 26.3 Å². The average Bonchev–Trinajstić information content (AvgIpc) is 2.49. The zero-order valence-electron chi connectivity index (χ0n) is 15.3. The maximum atomic E-state index is 11.4. The maximum absolute atomic E-state index is 11.4. The van der Waals surface area contributed by atoms with Gasteiger partial charge in [0.05, 0.1) is 0 Å². The Morgan fingerprint density at radius 2 is 1.00 bits per heavy atom. The van der Waals surface area contributed by atoms with Gasteiger partial charge >= 0.3 is 6.25 Å². The number of carbonyl (C=O) groups excluding carboxylic acids is 1. The molecule has 0 aliphatic rings. The largest absolute Gasteiger partial charge is 0.557 e. The first-order valence-electron chi connectivity index (χ1n) is 9.74. The molecule has 0 aromatic heterocycles. The van der Waals surface area contributed by atoms with E-state index < -0.39 is 6.25 Å². The van der Waals surface area contributed by atoms with Crippen molar-refractivity contribution in [2.24, 2.45) is 0 Å². The molecule has 0 fully saturated rings. The number of halogens is 3. The highest BCUT2D eigenvalue weighted by Crippen LogP contribution is 2.22. The maximum Gasteiger partial charge on any atom is 0.557 e. The van der Waals surface area contributed by atoms with E-state index in [1.165, 1.54) is 83.5 Å². The molecule has 0 spiro atoms. The van der Waals surface area contributed by atoms with Gasteiger partial charge in [0.1, 0.15) is 0 Å². The number of hydrogen-bond acceptors (Lipinski definition) is 2. The molecular weight excluding hydrogens is 383 g/mol. The fraction of sp³-hybridized carbons (Fsp3) is 0.944. The van der Waals surface area contributed by atoms with Crippen LogP contribution in [0.4, 0.5) is 0 Å². The zero-order valence-corrected chi connectivity index (χ0v) is 18.5. The smallest absolute Gasteiger partial charge is 0.481 e. The van der Waals surface area contributed by atoms with E-state index in [0.717, 1.165) is 12.8 Å². The lowest BCUT2D eigenvalue weighted by Crippen LogP contribution is -2.21. The van der Waals surface area contributed by atoms with Crippen LogP contribution < -0.4 is 0 Å². The van der Waals surface area contributed by atoms with Gasteiger partial charge in [0.2, 0.25) is 0 Å². The Labute approximate surface area is 164 Å². The summed E-state index contributed by atoms with van der Waals surface area (Å²) in [6.07, 6.45) is 16.6. The van der Waals surface area contributed by atoms with Crippen LogP contribution in [0.1, 0.15) is 110 Å². The summed E-state index contributed by atoms with van der Waals surface area (Å²) in [4.78, 5) is 11.4. The molecule has 144 valence electrons. The molecule has 6 heteroatoms. The fourth-order valence-electron chi connectivity index (χ4n) is 2.82. The molecule has 0 heterocycles. The standard InChI is InChI=1S/C18H35Cl3O2Si/c1-2-3-4-5-6-7-8-9-10-11-12-13-14-15-16-17-18(22)23-24(19,20)21/h2-17H2,1H3. The Morgan fingerprint density at radius 3 is 1.33 bits per heavy atom. The summed E-state index contributed by atoms with van der Waals surface area (Å²) in [5, 5.41) is 0. The van der Waals surface area contributed by atoms with Crippen molar-refractivity contribution in [3.8, 4) is 0 Å². The minimum Gasteiger partial charge on any atom is -0.481 e. The first kappa shape index (κ1) is 24.6. The van der Waals surface area contributed by atoms with E-state index in [9.17, 15) is 4.79 Å². The lowest BCUT2D eigenvalue weighted by atomic mass is 10.0. The Morgan fingerprint density at radius 1 is 0.667 bits per heavy atom. The SMILES string of the molecule is CCCCCCCCCCCCCCCCCC(=O)O[Si](Cl)(Cl)Cl. The van der Waals surface area contributed by atoms with Crippen molar-refractivity contribution >= 4 is 45.5 Å². The van der Waals surface area contributed by atoms with Crippen LogP contribution in [-0.2, 0) is 9.22 Å². The molecule has 0 amide bonds. The van der Waals surface area contributed by atoms with Crippen LogP contribution in [0.2, 0.25) is 0 Å². The van der Waals surface area contributed by atoms with Gasteiger partial charge in [-0.25, -0.2) is 0 Å². The van der Waals surface area contributed by atoms with Gasteiger partial charge in [-0.1, -0.05) is 130 Å². The lowest BCUT2D eigenvalue weighted by Gasteiger charge is -2.09. The molecule has 0 saturated heterocycles. The molecule has 0 aromatic carbocycles. The van der Waals surface area contributed by atoms with Gasteiger partial charge in [-0.2, -0.15) is 0 Å². The van der Waals surface area contributed by atoms with Crippen LogP contribution in [0, 0.1) is 0 Å². The zero-order chi connectivity index (χ0) is 18.1. The molecule has 0 unspecified atom stereocenters. The second-order valence-electron chi connectivity index (χ2n) is 6.62. The van der Waals surface area contributed by atoms with Crippen molar-refractivity contribution < 1.29 is 9.22 Å². The molecule has 0 N–H and O–H groups in total. The van der Waals surface area contributed by atoms with E-state index in [4.69, 9.17) is 37.7 Å². The Bertz CT molecular complexity index is 296. The second-order valence-corrected chi connectivity index (χ2v) is 14.2. The molecule has 0 aliphatic carbocycles. The number of unbranched alkanes of at least 4 members (excludes halogenated alkanes) is 14. The van der Waals surface area contributed by atoms with Gasteiger partial charge in [-0.3, -0.25) is 4.79 Å². The third-order valence-corrected chi connectivity index (χ3v) is 5.37. The van der Waals surface area contributed by atoms with Gasteiger partial charge in [-0.05, 0) is 6.42 Å². The Hall–Kier alpha value is 0.557. The third-order valence-electron chi connectivity index (χ3n) is 4.21. The van der Waals surface area contributed by atoms with Gasteiger partial charge in [0.15, 0.2) is 0 Å². The molecule has 0 bridgehead atoms. The third kappa shape index (κ3) is 20.6. The predicted octanol–water partition coefficient (Wildman–Crippen LogP) is 7.94. The molecule has 0 atom stereocenters. The first-order chi connectivity index (χ1) is 11.5. The monoisotopic (exact) mass is 416 g/mol. The van der Waals surface area contributed by atoms with Crippen LogP contribution in [0.3, 0.4) is 0 Å². The summed E-state index contributed by atoms with van der Waals surface area (Å²) in [6.45, 7) is 2.27. The molecule has 0 aromatic rings. The highest BCUT2D eigenvalue weighted by molar-refractivity contribution is 7.62. The Balaban J connectivity index is 3.14. The van der Waals surface area contributed by atoms with Crippen molar-refractivity contribution in [3.05, 3.63) is 0 Å². The normalized spacial score (nSPS) is 11.7. The first-order valence-corrected chi connectivity index (χ1v) is 14.7. The summed E-state index contributed by atoms with van der Waals surface area (Å²) < 4.78 is 4.75. The van der Waals surface area contributed by atoms with E-state index in [1.807, 2.05) is 0 Å². The van der Waals surface area contributed by atoms with E-state index in [1.54, 1.807) is 0 Å². The van der Waals surface area contributed by atoms with Gasteiger partial charge in [-0.15, -0.1) is 0 Å². The van der Waals surface area contributed by atoms with E-state index in [0.29, 0.717) is 6.42 Å². The lowest BCUT2D eigenvalue weighted by molar-refractivity contribution is -0.134. The molecule has 24 heavy (non-hydrogen) atoms. The number of rotatable bonds is 17. The van der Waals surface area contributed by atoms with Crippen LogP contribution in [0.25, 0.3) is 0 Å². The quantitative estimate of drug-likeness (QED) is 0.136. The predicted molar refractivity (Wildman–Crippen MR) is 109 cm³/mol. The number of carbonyl (C=O) groups is 1. The summed E-state index contributed by atoms with van der Waals surface area (Å²) in [5.74, 6) is -0.378. The molecular formula is C18H35Cl3O2Si. The summed E-state index contributed by atoms with van der Waals surface area (Å²) in [7, 11) is 0. The fourth-order valence-corrected chi connectivity index (χ4v) is 3.96. The average molecular weight is 418 g/mol. The minimum atomic E-state index is -3.26. The van der Waals surface area contributed by atoms with Crippen LogP contribution in [0.15, 0.2) is 0 Å². The van der Waals surface area contributed by atoms with Gasteiger partial charge in [0, 0.05) is 6.42 Å². The van der Waals surface area contributed by atoms with E-state index >= 15 is 0 Å². The van der Waals surface area contributed by atoms with E-state index in [2.05, 4.69) is 6.92 Å². The molecule has 0 rings (SSSR count). The van der Waals surface area contributed by atoms with Gasteiger partial charge in [0.25, 0.3) is 5.97 Å². The molecule has 0 aliphatic heterocycles. The Kier molecular flexibility index (Phi) is 17.4. The van der Waals surface area contributed by atoms with Crippen molar-refractivity contribution in [1.82, 2.24) is 0 Å². The molecule has 0 radical (unpaired) electrons. The summed E-state index contributed by atoms with van der Waals surface area (Å²) >= 11 is 16.6. The van der Waals surface area contributed by atoms with Crippen LogP contribution in [0.5, 0.6) is 0 Å².